The van der Waals surface area contributed by atoms with Crippen LogP contribution >= 0.6 is 19.8 Å². The van der Waals surface area contributed by atoms with Crippen molar-refractivity contribution in [3.05, 3.63) is 0 Å². The first-order chi connectivity index (χ1) is 0. The van der Waals surface area contributed by atoms with Crippen molar-refractivity contribution in [1.29, 1.82) is 0 Å². The molecule has 0 aromatic heterocycles. The molecule has 0 aliphatic heterocycles. The van der Waals surface area contributed by atoms with Gasteiger partial charge >= 0.3 is 82.4 Å². The molecule has 16 valence electrons. The van der Waals surface area contributed by atoms with Crippen molar-refractivity contribution in [3.8, 4) is 0 Å². The Kier molecular flexibility index (Phi) is 361. The van der Waals surface area contributed by atoms with Gasteiger partial charge in [-0.25, -0.2) is 0 Å². The van der Waals surface area contributed by atoms with E-state index in [4.69, 9.17) is 0 Å². The molecule has 0 aromatic carbocycles. The molecular weight excluding hydrogens is 198 g/mol. The third kappa shape index (κ3) is 25.8. The first-order valence-electron chi connectivity index (χ1n) is 0. The number of rotatable bonds is 0. The van der Waals surface area contributed by atoms with E-state index in [2.05, 4.69) is 0 Å². The van der Waals surface area contributed by atoms with Crippen LogP contribution in [0.25, 0.3) is 0 Å². The summed E-state index contributed by atoms with van der Waals surface area (Å²) < 4.78 is 0. The molecule has 0 radical (unpaired) electrons. The van der Waals surface area contributed by atoms with Crippen molar-refractivity contribution < 1.29 is 56.6 Å². The van der Waals surface area contributed by atoms with Crippen LogP contribution in [0.3, 0.4) is 0 Å². The Morgan fingerprint density at radius 2 is 0.500 bits per heavy atom. The SMILES string of the molecule is [In+3].[Li+].[Li+].[Li+].[P-3].[P-3]. The van der Waals surface area contributed by atoms with Gasteiger partial charge in [-0.05, 0) is 0 Å². The van der Waals surface area contributed by atoms with Gasteiger partial charge in [0.05, 0.1) is 0 Å². The van der Waals surface area contributed by atoms with E-state index in [1.165, 1.54) is 0 Å². The second-order valence-electron chi connectivity index (χ2n) is 0. The summed E-state index contributed by atoms with van der Waals surface area (Å²) >= 11 is 0. The number of hydrogen-bond acceptors (Lipinski definition) is 0. The van der Waals surface area contributed by atoms with E-state index in [1.807, 2.05) is 0 Å². The summed E-state index contributed by atoms with van der Waals surface area (Å²) in [4.78, 5) is 0. The Morgan fingerprint density at radius 1 is 0.500 bits per heavy atom. The average molecular weight is 198 g/mol. The molecule has 0 saturated carbocycles. The fourth-order valence-corrected chi connectivity index (χ4v) is 0. The Hall–Kier alpha value is 3.52. The first kappa shape index (κ1) is 55.7. The van der Waals surface area contributed by atoms with Gasteiger partial charge in [0.15, 0.2) is 0 Å². The number of hydrogen-bond donors (Lipinski definition) is 0. The minimum absolute atomic E-state index is 0. The van der Waals surface area contributed by atoms with Gasteiger partial charge in [-0.1, -0.05) is 0 Å². The summed E-state index contributed by atoms with van der Waals surface area (Å²) in [7, 11) is 0. The van der Waals surface area contributed by atoms with E-state index in [0.717, 1.165) is 0 Å². The maximum absolute atomic E-state index is 0. The molecule has 0 fully saturated rings. The van der Waals surface area contributed by atoms with E-state index < -0.39 is 0 Å². The molecule has 0 N–H and O–H groups in total. The molecular formula is InLi3P2. The average Bonchev–Trinajstić information content (AvgIpc) is 0. The molecule has 6 heteroatoms. The molecule has 0 saturated heterocycles. The second-order valence-corrected chi connectivity index (χ2v) is 0. The van der Waals surface area contributed by atoms with Crippen LogP contribution in [0.5, 0.6) is 0 Å². The quantitative estimate of drug-likeness (QED) is 0.267. The molecule has 0 unspecified atom stereocenters. The van der Waals surface area contributed by atoms with E-state index in [1.54, 1.807) is 0 Å². The van der Waals surface area contributed by atoms with E-state index in [9.17, 15) is 0 Å². The molecule has 0 aromatic rings. The Balaban J connectivity index is 0. The molecule has 0 spiro atoms. The van der Waals surface area contributed by atoms with Crippen LogP contribution in [0.4, 0.5) is 0 Å². The predicted octanol–water partition coefficient (Wildman–Crippen LogP) is -7.65. The van der Waals surface area contributed by atoms with Gasteiger partial charge in [-0.2, -0.15) is 0 Å². The monoisotopic (exact) mass is 198 g/mol. The largest absolute Gasteiger partial charge is 3.00 e. The van der Waals surface area contributed by atoms with E-state index >= 15 is 0 Å². The van der Waals surface area contributed by atoms with Crippen LogP contribution in [-0.4, -0.2) is 25.8 Å². The molecule has 6 heavy (non-hydrogen) atoms. The Bertz CT molecular complexity index is 8.75. The zero-order valence-electron chi connectivity index (χ0n) is 4.47. The minimum Gasteiger partial charge on any atom is -3.00 e. The molecule has 0 atom stereocenters. The Morgan fingerprint density at radius 3 is 0.500 bits per heavy atom. The Labute approximate surface area is 101 Å². The van der Waals surface area contributed by atoms with Gasteiger partial charge in [-0.15, -0.1) is 0 Å². The van der Waals surface area contributed by atoms with Crippen molar-refractivity contribution in [2.75, 3.05) is 0 Å². The van der Waals surface area contributed by atoms with Crippen molar-refractivity contribution in [2.24, 2.45) is 0 Å². The van der Waals surface area contributed by atoms with Crippen molar-refractivity contribution >= 4 is 45.6 Å². The second kappa shape index (κ2) is 38.9. The molecule has 0 bridgehead atoms. The molecule has 0 heterocycles. The summed E-state index contributed by atoms with van der Waals surface area (Å²) in [5, 5.41) is 0. The predicted molar refractivity (Wildman–Crippen MR) is 19.6 cm³/mol. The van der Waals surface area contributed by atoms with Gasteiger partial charge in [0.2, 0.25) is 0 Å². The molecule has 0 aliphatic carbocycles. The van der Waals surface area contributed by atoms with Gasteiger partial charge in [0.1, 0.15) is 0 Å². The van der Waals surface area contributed by atoms with Crippen LogP contribution < -0.4 is 56.6 Å². The molecule has 0 rings (SSSR count). The van der Waals surface area contributed by atoms with Crippen molar-refractivity contribution in [1.82, 2.24) is 0 Å². The fraction of sp³-hybridized carbons (Fsp3) is 0. The smallest absolute Gasteiger partial charge is 3.00 e. The van der Waals surface area contributed by atoms with E-state index in [-0.39, 0.29) is 102 Å². The van der Waals surface area contributed by atoms with Crippen LogP contribution in [0, 0.1) is 0 Å². The van der Waals surface area contributed by atoms with Gasteiger partial charge < -0.3 is 19.8 Å². The minimum atomic E-state index is 0. The van der Waals surface area contributed by atoms with Crippen LogP contribution in [0.15, 0.2) is 0 Å². The van der Waals surface area contributed by atoms with Crippen LogP contribution in [-0.2, 0) is 0 Å². The summed E-state index contributed by atoms with van der Waals surface area (Å²) in [5.41, 5.74) is 0. The van der Waals surface area contributed by atoms with Crippen molar-refractivity contribution in [3.63, 3.8) is 0 Å². The topological polar surface area (TPSA) is 0 Å². The van der Waals surface area contributed by atoms with Gasteiger partial charge in [0.25, 0.3) is 0 Å². The fourth-order valence-electron chi connectivity index (χ4n) is 0. The van der Waals surface area contributed by atoms with Crippen LogP contribution in [0.2, 0.25) is 0 Å². The maximum Gasteiger partial charge on any atom is 3.00 e. The first-order valence-corrected chi connectivity index (χ1v) is 0. The van der Waals surface area contributed by atoms with Gasteiger partial charge in [-0.3, -0.25) is 0 Å². The third-order valence-electron chi connectivity index (χ3n) is 0. The summed E-state index contributed by atoms with van der Waals surface area (Å²) in [5.74, 6) is 0. The summed E-state index contributed by atoms with van der Waals surface area (Å²) in [6.45, 7) is 0. The molecule has 0 aliphatic rings. The molecule has 0 nitrogen and oxygen atoms in total. The van der Waals surface area contributed by atoms with Crippen molar-refractivity contribution in [2.45, 2.75) is 0 Å². The zero-order chi connectivity index (χ0) is 0. The summed E-state index contributed by atoms with van der Waals surface area (Å²) in [6.07, 6.45) is 0. The standard InChI is InChI=1S/In.3Li.2P/q+3;3*+1;2*-3. The van der Waals surface area contributed by atoms with Crippen LogP contribution in [0.1, 0.15) is 0 Å². The maximum atomic E-state index is 0. The zero-order valence-corrected chi connectivity index (χ0v) is 9.56. The third-order valence-corrected chi connectivity index (χ3v) is 0. The van der Waals surface area contributed by atoms with Gasteiger partial charge in [0, 0.05) is 0 Å². The van der Waals surface area contributed by atoms with E-state index in [0.29, 0.717) is 0 Å². The molecule has 0 amide bonds. The summed E-state index contributed by atoms with van der Waals surface area (Å²) in [6, 6.07) is 0. The normalized spacial score (nSPS) is 0.